The molecule has 3 N–H and O–H groups in total. The van der Waals surface area contributed by atoms with Crippen LogP contribution in [-0.2, 0) is 11.2 Å². The Hall–Kier alpha value is -2.50. The molecule has 23 heavy (non-hydrogen) atoms. The van der Waals surface area contributed by atoms with Crippen LogP contribution in [0.25, 0.3) is 10.9 Å². The second-order valence-electron chi connectivity index (χ2n) is 6.24. The average molecular weight is 314 g/mol. The van der Waals surface area contributed by atoms with Crippen molar-refractivity contribution in [3.63, 3.8) is 0 Å². The summed E-state index contributed by atoms with van der Waals surface area (Å²) in [6, 6.07) is 7.38. The first-order valence-corrected chi connectivity index (χ1v) is 7.88. The van der Waals surface area contributed by atoms with E-state index in [-0.39, 0.29) is 18.0 Å². The number of aromatic nitrogens is 1. The predicted molar refractivity (Wildman–Crippen MR) is 89.2 cm³/mol. The van der Waals surface area contributed by atoms with Gasteiger partial charge in [0.2, 0.25) is 5.91 Å². The monoisotopic (exact) mass is 314 g/mol. The highest BCUT2D eigenvalue weighted by molar-refractivity contribution is 5.89. The Labute approximate surface area is 135 Å². The molecule has 122 valence electrons. The Morgan fingerprint density at radius 3 is 2.74 bits per heavy atom. The van der Waals surface area contributed by atoms with Gasteiger partial charge in [-0.2, -0.15) is 0 Å². The molecule has 0 aliphatic heterocycles. The maximum atomic E-state index is 12.5. The van der Waals surface area contributed by atoms with Gasteiger partial charge in [-0.05, 0) is 24.5 Å². The van der Waals surface area contributed by atoms with Gasteiger partial charge in [0.25, 0.3) is 0 Å². The molecule has 3 rings (SSSR count). The number of hydrogen-bond acceptors (Lipinski definition) is 2. The van der Waals surface area contributed by atoms with Gasteiger partial charge in [-0.15, -0.1) is 0 Å². The van der Waals surface area contributed by atoms with E-state index in [2.05, 4.69) is 15.6 Å². The summed E-state index contributed by atoms with van der Waals surface area (Å²) in [5.41, 5.74) is 2.05. The van der Waals surface area contributed by atoms with E-state index in [4.69, 9.17) is 0 Å². The number of amides is 3. The molecule has 0 spiro atoms. The fourth-order valence-electron chi connectivity index (χ4n) is 2.54. The molecule has 0 radical (unpaired) electrons. The van der Waals surface area contributed by atoms with Crippen LogP contribution >= 0.6 is 0 Å². The Balaban J connectivity index is 1.79. The number of nitrogens with zero attached hydrogens (tertiary/aromatic N) is 1. The zero-order valence-corrected chi connectivity index (χ0v) is 13.4. The predicted octanol–water partition coefficient (Wildman–Crippen LogP) is 1.63. The molecule has 6 nitrogen and oxygen atoms in total. The Morgan fingerprint density at radius 2 is 2.04 bits per heavy atom. The van der Waals surface area contributed by atoms with Crippen molar-refractivity contribution in [2.24, 2.45) is 0 Å². The summed E-state index contributed by atoms with van der Waals surface area (Å²) < 4.78 is 0. The quantitative estimate of drug-likeness (QED) is 0.784. The number of benzene rings is 1. The summed E-state index contributed by atoms with van der Waals surface area (Å²) in [4.78, 5) is 29.1. The lowest BCUT2D eigenvalue weighted by Gasteiger charge is -2.21. The van der Waals surface area contributed by atoms with Gasteiger partial charge in [0, 0.05) is 43.7 Å². The average Bonchev–Trinajstić information content (AvgIpc) is 3.25. The van der Waals surface area contributed by atoms with Crippen LogP contribution in [0.15, 0.2) is 30.5 Å². The summed E-state index contributed by atoms with van der Waals surface area (Å²) >= 11 is 0. The maximum Gasteiger partial charge on any atom is 0.317 e. The van der Waals surface area contributed by atoms with Crippen LogP contribution in [0.4, 0.5) is 4.79 Å². The van der Waals surface area contributed by atoms with E-state index in [1.54, 1.807) is 14.1 Å². The van der Waals surface area contributed by atoms with Gasteiger partial charge in [-0.25, -0.2) is 4.79 Å². The molecular formula is C17H22N4O2. The zero-order valence-electron chi connectivity index (χ0n) is 13.4. The van der Waals surface area contributed by atoms with Crippen molar-refractivity contribution in [1.82, 2.24) is 20.5 Å². The summed E-state index contributed by atoms with van der Waals surface area (Å²) in [5, 5.41) is 6.87. The molecule has 1 aromatic carbocycles. The lowest BCUT2D eigenvalue weighted by atomic mass is 10.0. The summed E-state index contributed by atoms with van der Waals surface area (Å²) in [6.45, 7) is 0. The number of hydrogen-bond donors (Lipinski definition) is 3. The first kappa shape index (κ1) is 15.4. The highest BCUT2D eigenvalue weighted by Crippen LogP contribution is 2.21. The second kappa shape index (κ2) is 6.32. The summed E-state index contributed by atoms with van der Waals surface area (Å²) in [6.07, 6.45) is 4.41. The molecule has 1 aliphatic rings. The Bertz CT molecular complexity index is 718. The molecule has 6 heteroatoms. The van der Waals surface area contributed by atoms with Gasteiger partial charge in [0.1, 0.15) is 6.04 Å². The van der Waals surface area contributed by atoms with E-state index in [1.807, 2.05) is 30.5 Å². The van der Waals surface area contributed by atoms with Gasteiger partial charge >= 0.3 is 6.03 Å². The molecule has 1 aliphatic carbocycles. The zero-order chi connectivity index (χ0) is 16.4. The topological polar surface area (TPSA) is 77.2 Å². The van der Waals surface area contributed by atoms with Gasteiger partial charge in [0.05, 0.1) is 0 Å². The summed E-state index contributed by atoms with van der Waals surface area (Å²) in [7, 11) is 3.33. The molecule has 1 atom stereocenters. The minimum Gasteiger partial charge on any atom is -0.361 e. The number of rotatable bonds is 5. The third-order valence-electron chi connectivity index (χ3n) is 4.04. The molecule has 1 heterocycles. The lowest BCUT2D eigenvalue weighted by molar-refractivity contribution is -0.123. The van der Waals surface area contributed by atoms with Crippen LogP contribution in [0, 0.1) is 0 Å². The number of H-pyrrole nitrogens is 1. The van der Waals surface area contributed by atoms with E-state index in [9.17, 15) is 9.59 Å². The first-order chi connectivity index (χ1) is 11.0. The van der Waals surface area contributed by atoms with Crippen molar-refractivity contribution >= 4 is 22.8 Å². The number of para-hydroxylation sites is 1. The van der Waals surface area contributed by atoms with E-state index in [0.29, 0.717) is 6.42 Å². The van der Waals surface area contributed by atoms with Gasteiger partial charge < -0.3 is 20.5 Å². The van der Waals surface area contributed by atoms with Crippen molar-refractivity contribution in [2.45, 2.75) is 31.3 Å². The van der Waals surface area contributed by atoms with E-state index >= 15 is 0 Å². The lowest BCUT2D eigenvalue weighted by Crippen LogP contribution is -2.51. The Morgan fingerprint density at radius 1 is 1.30 bits per heavy atom. The smallest absolute Gasteiger partial charge is 0.317 e. The van der Waals surface area contributed by atoms with Crippen molar-refractivity contribution in [1.29, 1.82) is 0 Å². The van der Waals surface area contributed by atoms with E-state index < -0.39 is 6.04 Å². The molecule has 3 amide bonds. The third kappa shape index (κ3) is 3.64. The van der Waals surface area contributed by atoms with Crippen molar-refractivity contribution < 1.29 is 9.59 Å². The van der Waals surface area contributed by atoms with Crippen molar-refractivity contribution in [3.8, 4) is 0 Å². The standard InChI is InChI=1S/C17H22N4O2/c1-21(2)17(23)20-15(16(22)19-12-7-8-12)9-11-10-18-14-6-4-3-5-13(11)14/h3-6,10,12,15,18H,7-9H2,1-2H3,(H,19,22)(H,20,23)/t15-/m0/s1. The van der Waals surface area contributed by atoms with Crippen LogP contribution in [0.2, 0.25) is 0 Å². The van der Waals surface area contributed by atoms with Crippen LogP contribution in [0.3, 0.4) is 0 Å². The third-order valence-corrected chi connectivity index (χ3v) is 4.04. The highest BCUT2D eigenvalue weighted by atomic mass is 16.2. The van der Waals surface area contributed by atoms with E-state index in [0.717, 1.165) is 29.3 Å². The van der Waals surface area contributed by atoms with Gasteiger partial charge in [0.15, 0.2) is 0 Å². The van der Waals surface area contributed by atoms with Crippen molar-refractivity contribution in [3.05, 3.63) is 36.0 Å². The fraction of sp³-hybridized carbons (Fsp3) is 0.412. The highest BCUT2D eigenvalue weighted by Gasteiger charge is 2.29. The molecule has 1 fully saturated rings. The normalized spacial score (nSPS) is 15.2. The molecule has 1 aromatic heterocycles. The van der Waals surface area contributed by atoms with Crippen LogP contribution in [-0.4, -0.2) is 48.0 Å². The Kier molecular flexibility index (Phi) is 4.23. The number of carbonyl (C=O) groups is 2. The minimum absolute atomic E-state index is 0.118. The van der Waals surface area contributed by atoms with Gasteiger partial charge in [-0.3, -0.25) is 4.79 Å². The molecule has 0 saturated heterocycles. The van der Waals surface area contributed by atoms with Gasteiger partial charge in [-0.1, -0.05) is 18.2 Å². The van der Waals surface area contributed by atoms with E-state index in [1.165, 1.54) is 4.90 Å². The molecule has 0 bridgehead atoms. The number of nitrogens with one attached hydrogen (secondary N) is 3. The first-order valence-electron chi connectivity index (χ1n) is 7.88. The van der Waals surface area contributed by atoms with Crippen LogP contribution in [0.1, 0.15) is 18.4 Å². The summed E-state index contributed by atoms with van der Waals surface area (Å²) in [5.74, 6) is -0.118. The number of carbonyl (C=O) groups excluding carboxylic acids is 2. The van der Waals surface area contributed by atoms with Crippen LogP contribution in [0.5, 0.6) is 0 Å². The number of urea groups is 1. The van der Waals surface area contributed by atoms with Crippen LogP contribution < -0.4 is 10.6 Å². The maximum absolute atomic E-state index is 12.5. The minimum atomic E-state index is -0.579. The number of aromatic amines is 1. The molecule has 1 saturated carbocycles. The molecular weight excluding hydrogens is 292 g/mol. The molecule has 2 aromatic rings. The largest absolute Gasteiger partial charge is 0.361 e. The second-order valence-corrected chi connectivity index (χ2v) is 6.24. The fourth-order valence-corrected chi connectivity index (χ4v) is 2.54. The molecule has 0 unspecified atom stereocenters. The SMILES string of the molecule is CN(C)C(=O)N[C@@H](Cc1c[nH]c2ccccc12)C(=O)NC1CC1. The van der Waals surface area contributed by atoms with Crippen molar-refractivity contribution in [2.75, 3.05) is 14.1 Å². The number of fused-ring (bicyclic) bond motifs is 1.